The molecule has 0 aromatic heterocycles. The molecule has 1 aliphatic rings. The summed E-state index contributed by atoms with van der Waals surface area (Å²) in [5, 5.41) is 0. The molecule has 1 aromatic rings. The van der Waals surface area contributed by atoms with Gasteiger partial charge in [-0.25, -0.2) is 0 Å². The number of rotatable bonds is 3. The maximum atomic E-state index is 2.51. The Hall–Kier alpha value is -0.820. The minimum Gasteiger partial charge on any atom is -0.303 e. The van der Waals surface area contributed by atoms with E-state index in [1.54, 1.807) is 0 Å². The van der Waals surface area contributed by atoms with E-state index in [0.29, 0.717) is 0 Å². The molecular formula is C12H16N. The molecule has 13 heavy (non-hydrogen) atoms. The monoisotopic (exact) mass is 174 g/mol. The smallest absolute Gasteiger partial charge is 0.00566 e. The molecule has 0 bridgehead atoms. The molecule has 0 saturated carbocycles. The van der Waals surface area contributed by atoms with Gasteiger partial charge in [-0.2, -0.15) is 0 Å². The molecule has 0 atom stereocenters. The van der Waals surface area contributed by atoms with Gasteiger partial charge in [0.2, 0.25) is 0 Å². The highest BCUT2D eigenvalue weighted by Gasteiger charge is 2.10. The first-order valence-electron chi connectivity index (χ1n) is 5.06. The molecule has 1 fully saturated rings. The van der Waals surface area contributed by atoms with Gasteiger partial charge in [0.1, 0.15) is 0 Å². The van der Waals surface area contributed by atoms with E-state index in [0.717, 1.165) is 6.54 Å². The first-order valence-corrected chi connectivity index (χ1v) is 5.06. The first-order chi connectivity index (χ1) is 6.45. The number of likely N-dealkylation sites (tertiary alicyclic amines) is 1. The van der Waals surface area contributed by atoms with Crippen molar-refractivity contribution < 1.29 is 0 Å². The predicted molar refractivity (Wildman–Crippen MR) is 55.5 cm³/mol. The van der Waals surface area contributed by atoms with Gasteiger partial charge in [-0.3, -0.25) is 0 Å². The van der Waals surface area contributed by atoms with E-state index in [2.05, 4.69) is 41.7 Å². The van der Waals surface area contributed by atoms with Crippen molar-refractivity contribution in [3.8, 4) is 0 Å². The van der Waals surface area contributed by atoms with E-state index >= 15 is 0 Å². The summed E-state index contributed by atoms with van der Waals surface area (Å²) in [6.07, 6.45) is 5.07. The number of benzene rings is 1. The van der Waals surface area contributed by atoms with Gasteiger partial charge >= 0.3 is 0 Å². The highest BCUT2D eigenvalue weighted by atomic mass is 15.1. The van der Waals surface area contributed by atoms with Crippen molar-refractivity contribution in [1.82, 2.24) is 4.90 Å². The summed E-state index contributed by atoms with van der Waals surface area (Å²) < 4.78 is 0. The van der Waals surface area contributed by atoms with E-state index in [1.807, 2.05) is 0 Å². The highest BCUT2D eigenvalue weighted by Crippen LogP contribution is 2.09. The first kappa shape index (κ1) is 8.76. The van der Waals surface area contributed by atoms with Crippen molar-refractivity contribution in [2.45, 2.75) is 12.8 Å². The summed E-state index contributed by atoms with van der Waals surface area (Å²) in [5.74, 6) is 0. The predicted octanol–water partition coefficient (Wildman–Crippen LogP) is 2.33. The summed E-state index contributed by atoms with van der Waals surface area (Å²) in [6.45, 7) is 3.68. The molecule has 0 spiro atoms. The van der Waals surface area contributed by atoms with E-state index in [4.69, 9.17) is 0 Å². The van der Waals surface area contributed by atoms with Crippen molar-refractivity contribution in [1.29, 1.82) is 0 Å². The lowest BCUT2D eigenvalue weighted by Gasteiger charge is -2.13. The Morgan fingerprint density at radius 1 is 1.08 bits per heavy atom. The zero-order chi connectivity index (χ0) is 8.93. The Balaban J connectivity index is 1.79. The van der Waals surface area contributed by atoms with Gasteiger partial charge in [0, 0.05) is 13.0 Å². The van der Waals surface area contributed by atoms with Crippen LogP contribution in [0.5, 0.6) is 0 Å². The molecule has 1 aromatic carbocycles. The van der Waals surface area contributed by atoms with Crippen molar-refractivity contribution in [3.05, 3.63) is 42.3 Å². The van der Waals surface area contributed by atoms with Gasteiger partial charge in [0.05, 0.1) is 0 Å². The van der Waals surface area contributed by atoms with Gasteiger partial charge in [-0.15, -0.1) is 0 Å². The third kappa shape index (κ3) is 2.56. The third-order valence-electron chi connectivity index (χ3n) is 2.58. The van der Waals surface area contributed by atoms with Crippen LogP contribution < -0.4 is 0 Å². The summed E-state index contributed by atoms with van der Waals surface area (Å²) in [6, 6.07) is 10.6. The van der Waals surface area contributed by atoms with Crippen LogP contribution in [-0.4, -0.2) is 24.5 Å². The lowest BCUT2D eigenvalue weighted by molar-refractivity contribution is 0.368. The zero-order valence-electron chi connectivity index (χ0n) is 7.95. The molecule has 1 nitrogen and oxygen atoms in total. The quantitative estimate of drug-likeness (QED) is 0.680. The molecule has 1 radical (unpaired) electrons. The second-order valence-corrected chi connectivity index (χ2v) is 3.62. The fraction of sp³-hybridized carbons (Fsp3) is 0.417. The normalized spacial score (nSPS) is 17.8. The molecule has 0 amide bonds. The minimum absolute atomic E-state index is 1.12. The lowest BCUT2D eigenvalue weighted by atomic mass is 10.1. The van der Waals surface area contributed by atoms with Crippen LogP contribution in [0.1, 0.15) is 18.4 Å². The molecule has 1 saturated heterocycles. The Bertz CT molecular complexity index is 237. The van der Waals surface area contributed by atoms with E-state index in [-0.39, 0.29) is 0 Å². The molecule has 2 rings (SSSR count). The second kappa shape index (κ2) is 4.43. The average molecular weight is 174 g/mol. The van der Waals surface area contributed by atoms with E-state index in [1.165, 1.54) is 31.5 Å². The van der Waals surface area contributed by atoms with Gasteiger partial charge < -0.3 is 4.90 Å². The van der Waals surface area contributed by atoms with Gasteiger partial charge in [-0.05, 0) is 31.5 Å². The van der Waals surface area contributed by atoms with Crippen molar-refractivity contribution in [2.24, 2.45) is 0 Å². The van der Waals surface area contributed by atoms with Crippen LogP contribution in [0, 0.1) is 6.42 Å². The lowest BCUT2D eigenvalue weighted by Crippen LogP contribution is -2.20. The molecule has 0 aliphatic carbocycles. The topological polar surface area (TPSA) is 3.24 Å². The van der Waals surface area contributed by atoms with Crippen LogP contribution in [0.2, 0.25) is 0 Å². The Morgan fingerprint density at radius 2 is 1.77 bits per heavy atom. The molecule has 1 heterocycles. The van der Waals surface area contributed by atoms with E-state index in [9.17, 15) is 0 Å². The summed E-state index contributed by atoms with van der Waals surface area (Å²) in [7, 11) is 0. The maximum Gasteiger partial charge on any atom is 0.00566 e. The Labute approximate surface area is 80.4 Å². The highest BCUT2D eigenvalue weighted by molar-refractivity contribution is 5.22. The van der Waals surface area contributed by atoms with Crippen LogP contribution in [0.25, 0.3) is 0 Å². The molecule has 0 N–H and O–H groups in total. The van der Waals surface area contributed by atoms with Crippen molar-refractivity contribution in [2.75, 3.05) is 19.6 Å². The average Bonchev–Trinajstić information content (AvgIpc) is 2.69. The fourth-order valence-electron chi connectivity index (χ4n) is 1.79. The number of hydrogen-bond acceptors (Lipinski definition) is 1. The molecule has 0 unspecified atom stereocenters. The van der Waals surface area contributed by atoms with Crippen LogP contribution >= 0.6 is 0 Å². The van der Waals surface area contributed by atoms with E-state index < -0.39 is 0 Å². The number of hydrogen-bond donors (Lipinski definition) is 0. The largest absolute Gasteiger partial charge is 0.303 e. The third-order valence-corrected chi connectivity index (χ3v) is 2.58. The number of nitrogens with zero attached hydrogens (tertiary/aromatic N) is 1. The van der Waals surface area contributed by atoms with Crippen LogP contribution in [0.3, 0.4) is 0 Å². The van der Waals surface area contributed by atoms with Crippen molar-refractivity contribution >= 4 is 0 Å². The molecule has 1 aliphatic heterocycles. The zero-order valence-corrected chi connectivity index (χ0v) is 7.95. The van der Waals surface area contributed by atoms with Crippen molar-refractivity contribution in [3.63, 3.8) is 0 Å². The van der Waals surface area contributed by atoms with Crippen LogP contribution in [0.4, 0.5) is 0 Å². The molecule has 69 valence electrons. The standard InChI is InChI=1S/C12H16N/c1-2-6-12(7-3-1)8-11-13-9-4-5-10-13/h1-3,6-8H,4-5,9-11H2. The fourth-order valence-corrected chi connectivity index (χ4v) is 1.79. The summed E-state index contributed by atoms with van der Waals surface area (Å²) >= 11 is 0. The summed E-state index contributed by atoms with van der Waals surface area (Å²) in [4.78, 5) is 2.51. The minimum atomic E-state index is 1.12. The Kier molecular flexibility index (Phi) is 2.98. The summed E-state index contributed by atoms with van der Waals surface area (Å²) in [5.41, 5.74) is 1.34. The second-order valence-electron chi connectivity index (χ2n) is 3.62. The SMILES string of the molecule is [CH](CN1CCCC1)c1ccccc1. The molecule has 1 heteroatoms. The Morgan fingerprint density at radius 3 is 2.46 bits per heavy atom. The molecular weight excluding hydrogens is 158 g/mol. The van der Waals surface area contributed by atoms with Gasteiger partial charge in [0.25, 0.3) is 0 Å². The maximum absolute atomic E-state index is 2.51. The van der Waals surface area contributed by atoms with Gasteiger partial charge in [0.15, 0.2) is 0 Å². The van der Waals surface area contributed by atoms with Crippen LogP contribution in [0.15, 0.2) is 30.3 Å². The van der Waals surface area contributed by atoms with Crippen LogP contribution in [-0.2, 0) is 0 Å². The van der Waals surface area contributed by atoms with Gasteiger partial charge in [-0.1, -0.05) is 30.3 Å².